The summed E-state index contributed by atoms with van der Waals surface area (Å²) in [5.41, 5.74) is 3.34. The van der Waals surface area contributed by atoms with Crippen LogP contribution < -0.4 is 10.1 Å². The predicted octanol–water partition coefficient (Wildman–Crippen LogP) is 4.66. The molecule has 0 aliphatic rings. The van der Waals surface area contributed by atoms with E-state index in [9.17, 15) is 9.59 Å². The minimum Gasteiger partial charge on any atom is -0.484 e. The van der Waals surface area contributed by atoms with Crippen molar-refractivity contribution in [1.29, 1.82) is 0 Å². The molecule has 0 aromatic heterocycles. The Balaban J connectivity index is 2.15. The van der Waals surface area contributed by atoms with Gasteiger partial charge in [-0.25, -0.2) is 0 Å². The number of benzene rings is 2. The van der Waals surface area contributed by atoms with Gasteiger partial charge in [-0.1, -0.05) is 69.2 Å². The lowest BCUT2D eigenvalue weighted by molar-refractivity contribution is -0.143. The normalized spacial score (nSPS) is 11.6. The summed E-state index contributed by atoms with van der Waals surface area (Å²) < 4.78 is 5.76. The zero-order valence-electron chi connectivity index (χ0n) is 19.3. The molecule has 31 heavy (non-hydrogen) atoms. The third kappa shape index (κ3) is 7.74. The van der Waals surface area contributed by atoms with Gasteiger partial charge in [0, 0.05) is 13.1 Å². The van der Waals surface area contributed by atoms with Gasteiger partial charge in [-0.05, 0) is 49.4 Å². The Kier molecular flexibility index (Phi) is 10.1. The van der Waals surface area contributed by atoms with Gasteiger partial charge in [-0.15, -0.1) is 0 Å². The quantitative estimate of drug-likeness (QED) is 0.504. The first-order valence-electron chi connectivity index (χ1n) is 11.3. The molecule has 0 fully saturated rings. The number of hydrogen-bond acceptors (Lipinski definition) is 3. The largest absolute Gasteiger partial charge is 0.484 e. The summed E-state index contributed by atoms with van der Waals surface area (Å²) in [6.45, 7) is 9.03. The van der Waals surface area contributed by atoms with Gasteiger partial charge in [-0.2, -0.15) is 0 Å². The number of amides is 2. The second kappa shape index (κ2) is 12.8. The molecule has 0 aliphatic heterocycles. The number of aryl methyl sites for hydroxylation is 2. The van der Waals surface area contributed by atoms with Gasteiger partial charge in [0.25, 0.3) is 5.91 Å². The highest BCUT2D eigenvalue weighted by Gasteiger charge is 2.28. The van der Waals surface area contributed by atoms with Crippen LogP contribution in [0.4, 0.5) is 0 Å². The summed E-state index contributed by atoms with van der Waals surface area (Å²) in [6.07, 6.45) is 3.42. The highest BCUT2D eigenvalue weighted by atomic mass is 16.5. The van der Waals surface area contributed by atoms with Crippen LogP contribution in [-0.2, 0) is 22.6 Å². The lowest BCUT2D eigenvalue weighted by atomic mass is 10.1. The van der Waals surface area contributed by atoms with E-state index in [1.54, 1.807) is 4.90 Å². The molecule has 2 aromatic carbocycles. The molecule has 2 aromatic rings. The first kappa shape index (κ1) is 24.4. The topological polar surface area (TPSA) is 58.6 Å². The van der Waals surface area contributed by atoms with Crippen LogP contribution in [0.25, 0.3) is 0 Å². The van der Waals surface area contributed by atoms with Crippen LogP contribution in [0.5, 0.6) is 5.75 Å². The molecule has 0 bridgehead atoms. The van der Waals surface area contributed by atoms with E-state index in [-0.39, 0.29) is 18.4 Å². The van der Waals surface area contributed by atoms with E-state index < -0.39 is 6.04 Å². The zero-order chi connectivity index (χ0) is 22.6. The van der Waals surface area contributed by atoms with Crippen molar-refractivity contribution in [3.05, 3.63) is 65.2 Å². The fourth-order valence-electron chi connectivity index (χ4n) is 3.48. The van der Waals surface area contributed by atoms with Crippen molar-refractivity contribution in [2.45, 2.75) is 66.0 Å². The van der Waals surface area contributed by atoms with Crippen LogP contribution in [-0.4, -0.2) is 35.9 Å². The molecule has 0 heterocycles. The number of nitrogens with one attached hydrogen (secondary N) is 1. The van der Waals surface area contributed by atoms with Crippen LogP contribution >= 0.6 is 0 Å². The van der Waals surface area contributed by atoms with Gasteiger partial charge in [-0.3, -0.25) is 9.59 Å². The minimum atomic E-state index is -0.532. The molecule has 168 valence electrons. The van der Waals surface area contributed by atoms with Gasteiger partial charge < -0.3 is 15.0 Å². The fourth-order valence-corrected chi connectivity index (χ4v) is 3.48. The molecule has 0 saturated carbocycles. The number of unbranched alkanes of at least 4 members (excludes halogenated alkanes) is 1. The van der Waals surface area contributed by atoms with E-state index in [2.05, 4.69) is 19.2 Å². The number of rotatable bonds is 12. The summed E-state index contributed by atoms with van der Waals surface area (Å²) in [4.78, 5) is 27.7. The van der Waals surface area contributed by atoms with Gasteiger partial charge in [0.15, 0.2) is 6.61 Å². The molecule has 0 radical (unpaired) electrons. The lowest BCUT2D eigenvalue weighted by Crippen LogP contribution is -2.50. The average Bonchev–Trinajstić information content (AvgIpc) is 2.78. The standard InChI is InChI=1S/C26H36N2O3/c1-5-8-16-27-26(30)24(7-3)28(18-22-11-9-10-20(4)17-22)25(29)19-31-23-14-12-21(6-2)13-15-23/h9-15,17,24H,5-8,16,18-19H2,1-4H3,(H,27,30). The van der Waals surface area contributed by atoms with E-state index in [4.69, 9.17) is 4.74 Å². The zero-order valence-corrected chi connectivity index (χ0v) is 19.3. The Bertz CT molecular complexity index is 833. The van der Waals surface area contributed by atoms with Crippen LogP contribution in [0, 0.1) is 6.92 Å². The Morgan fingerprint density at radius 3 is 2.39 bits per heavy atom. The van der Waals surface area contributed by atoms with Gasteiger partial charge in [0.05, 0.1) is 0 Å². The first-order chi connectivity index (χ1) is 15.0. The smallest absolute Gasteiger partial charge is 0.261 e. The minimum absolute atomic E-state index is 0.101. The van der Waals surface area contributed by atoms with E-state index >= 15 is 0 Å². The number of ether oxygens (including phenoxy) is 1. The number of nitrogens with zero attached hydrogens (tertiary/aromatic N) is 1. The summed E-state index contributed by atoms with van der Waals surface area (Å²) in [7, 11) is 0. The lowest BCUT2D eigenvalue weighted by Gasteiger charge is -2.30. The summed E-state index contributed by atoms with van der Waals surface area (Å²) >= 11 is 0. The van der Waals surface area contributed by atoms with Crippen LogP contribution in [0.2, 0.25) is 0 Å². The maximum Gasteiger partial charge on any atom is 0.261 e. The van der Waals surface area contributed by atoms with E-state index in [0.717, 1.165) is 30.4 Å². The SMILES string of the molecule is CCCCNC(=O)C(CC)N(Cc1cccc(C)c1)C(=O)COc1ccc(CC)cc1. The van der Waals surface area contributed by atoms with E-state index in [0.29, 0.717) is 25.3 Å². The predicted molar refractivity (Wildman–Crippen MR) is 125 cm³/mol. The average molecular weight is 425 g/mol. The van der Waals surface area contributed by atoms with Gasteiger partial charge in [0.2, 0.25) is 5.91 Å². The third-order valence-corrected chi connectivity index (χ3v) is 5.34. The van der Waals surface area contributed by atoms with Crippen molar-refractivity contribution in [3.8, 4) is 5.75 Å². The highest BCUT2D eigenvalue weighted by Crippen LogP contribution is 2.16. The molecule has 0 saturated heterocycles. The second-order valence-electron chi connectivity index (χ2n) is 7.87. The second-order valence-corrected chi connectivity index (χ2v) is 7.87. The molecular formula is C26H36N2O3. The molecule has 1 unspecified atom stereocenters. The highest BCUT2D eigenvalue weighted by molar-refractivity contribution is 5.88. The van der Waals surface area contributed by atoms with Crippen molar-refractivity contribution in [1.82, 2.24) is 10.2 Å². The van der Waals surface area contributed by atoms with Crippen molar-refractivity contribution in [2.75, 3.05) is 13.2 Å². The number of carbonyl (C=O) groups excluding carboxylic acids is 2. The van der Waals surface area contributed by atoms with Crippen LogP contribution in [0.3, 0.4) is 0 Å². The summed E-state index contributed by atoms with van der Waals surface area (Å²) in [6, 6.07) is 15.3. The van der Waals surface area contributed by atoms with Crippen LogP contribution in [0.1, 0.15) is 56.7 Å². The molecule has 0 spiro atoms. The van der Waals surface area contributed by atoms with Crippen molar-refractivity contribution < 1.29 is 14.3 Å². The molecule has 1 N–H and O–H groups in total. The molecule has 5 nitrogen and oxygen atoms in total. The molecule has 0 aliphatic carbocycles. The van der Waals surface area contributed by atoms with Gasteiger partial charge in [0.1, 0.15) is 11.8 Å². The van der Waals surface area contributed by atoms with Crippen molar-refractivity contribution in [3.63, 3.8) is 0 Å². The summed E-state index contributed by atoms with van der Waals surface area (Å²) in [5, 5.41) is 2.98. The Morgan fingerprint density at radius 1 is 1.03 bits per heavy atom. The van der Waals surface area contributed by atoms with Crippen molar-refractivity contribution >= 4 is 11.8 Å². The maximum atomic E-state index is 13.2. The Hall–Kier alpha value is -2.82. The Labute approximate surface area is 186 Å². The molecular weight excluding hydrogens is 388 g/mol. The van der Waals surface area contributed by atoms with E-state index in [1.165, 1.54) is 5.56 Å². The van der Waals surface area contributed by atoms with Crippen LogP contribution in [0.15, 0.2) is 48.5 Å². The summed E-state index contributed by atoms with van der Waals surface area (Å²) in [5.74, 6) is 0.351. The first-order valence-corrected chi connectivity index (χ1v) is 11.3. The Morgan fingerprint density at radius 2 is 1.77 bits per heavy atom. The van der Waals surface area contributed by atoms with Crippen molar-refractivity contribution in [2.24, 2.45) is 0 Å². The number of carbonyl (C=O) groups is 2. The monoisotopic (exact) mass is 424 g/mol. The molecule has 2 amide bonds. The third-order valence-electron chi connectivity index (χ3n) is 5.34. The molecule has 1 atom stereocenters. The van der Waals surface area contributed by atoms with Gasteiger partial charge >= 0.3 is 0 Å². The molecule has 5 heteroatoms. The fraction of sp³-hybridized carbons (Fsp3) is 0.462. The number of hydrogen-bond donors (Lipinski definition) is 1. The van der Waals surface area contributed by atoms with E-state index in [1.807, 2.05) is 62.4 Å². The molecule has 2 rings (SSSR count). The maximum absolute atomic E-state index is 13.2.